The van der Waals surface area contributed by atoms with Crippen molar-refractivity contribution in [3.8, 4) is 0 Å². The smallest absolute Gasteiger partial charge is 0.303 e. The van der Waals surface area contributed by atoms with Gasteiger partial charge < -0.3 is 40.7 Å². The number of pyridine rings is 1. The van der Waals surface area contributed by atoms with Gasteiger partial charge in [-0.05, 0) is 419 Å². The fourth-order valence-electron chi connectivity index (χ4n) is 38.4. The number of aliphatic hydroxyl groups is 4. The van der Waals surface area contributed by atoms with Gasteiger partial charge >= 0.3 is 17.9 Å². The summed E-state index contributed by atoms with van der Waals surface area (Å²) in [5, 5.41) is 52.9. The number of ether oxygens (including phenoxy) is 2. The van der Waals surface area contributed by atoms with Crippen molar-refractivity contribution in [2.45, 2.75) is 425 Å². The van der Waals surface area contributed by atoms with E-state index in [0.717, 1.165) is 162 Å². The molecule has 1 heterocycles. The van der Waals surface area contributed by atoms with Crippen LogP contribution in [-0.4, -0.2) is 102 Å². The lowest BCUT2D eigenvalue weighted by atomic mass is 9.43. The van der Waals surface area contributed by atoms with Crippen molar-refractivity contribution in [3.05, 3.63) is 113 Å². The topological polar surface area (TPSA) is 256 Å². The summed E-state index contributed by atoms with van der Waals surface area (Å²) in [7, 11) is 0. The molecule has 0 aliphatic heterocycles. The zero-order valence-corrected chi connectivity index (χ0v) is 88.8. The molecule has 20 aliphatic rings. The molecular weight excluding hydrogens is 1710 g/mol. The molecule has 0 spiro atoms. The number of carbonyl (C=O) groups is 5. The molecule has 2 aromatic rings. The number of esters is 2. The normalized spacial score (nSPS) is 47.9. The molecule has 764 valence electrons. The van der Waals surface area contributed by atoms with Crippen LogP contribution in [0.5, 0.6) is 0 Å². The molecule has 0 amide bonds. The Kier molecular flexibility index (Phi) is 30.4. The summed E-state index contributed by atoms with van der Waals surface area (Å²) < 4.78 is 12.0. The SMILES string of the molecule is C/C=C1/CC[C@H]2[C@@H]3CC=C4C[C@@H](C)CC[C@]4(C)[C@H]3C[C@@H](OC(C)=O)[C@]12C.CC(=O)O[C@@H]1C[C@@H]2C[C@H](C)CC[C@]2(C)[C@H]2CC[C@]3(C)C(=O)CC[C@H]3[C@H]12.C[C@H](CCC(=O)O)[C@H]1CC[C@H]2[C@@H]3[C@H](O)C[C@@H]4C[C@H](O)CC[C@]4(C)[C@H]3C[C@H](O)[C@]12C.C[C@H]1CC[C@@]2(C)C(=CC[C@@H]3[C@@H]2CC[C@]2(C)C(=NCc4ccccn4)CC[C@@H]32)C1.C[C@H]1CC[C@@]2(C)C(=CC[C@H]3[C@@H]4CCC(=O)[C@@]4(C)[C@H](O)C[C@@H]32)C1.NCc1ccccc1. The number of ketones is 2. The Hall–Kier alpha value is -5.45. The third-order valence-corrected chi connectivity index (χ3v) is 46.7. The van der Waals surface area contributed by atoms with Gasteiger partial charge in [0.1, 0.15) is 23.8 Å². The maximum absolute atomic E-state index is 12.6. The molecule has 17 saturated carbocycles. The van der Waals surface area contributed by atoms with Crippen LogP contribution in [0.2, 0.25) is 0 Å². The maximum Gasteiger partial charge on any atom is 0.303 e. The Bertz CT molecular complexity index is 4860. The Morgan fingerprint density at radius 2 is 1.01 bits per heavy atom. The lowest BCUT2D eigenvalue weighted by Crippen LogP contribution is -2.62. The van der Waals surface area contributed by atoms with Gasteiger partial charge in [0, 0.05) is 73.7 Å². The summed E-state index contributed by atoms with van der Waals surface area (Å²) in [4.78, 5) is 69.5. The second-order valence-corrected chi connectivity index (χ2v) is 53.2. The van der Waals surface area contributed by atoms with E-state index >= 15 is 0 Å². The molecule has 39 atom stereocenters. The van der Waals surface area contributed by atoms with Gasteiger partial charge in [-0.3, -0.25) is 33.9 Å². The molecule has 0 bridgehead atoms. The summed E-state index contributed by atoms with van der Waals surface area (Å²) >= 11 is 0. The number of Topliss-reactive ketones (excluding diaryl/α,β-unsaturated/α-hetero) is 2. The third-order valence-electron chi connectivity index (χ3n) is 46.7. The van der Waals surface area contributed by atoms with E-state index in [-0.39, 0.29) is 81.7 Å². The Morgan fingerprint density at radius 1 is 0.493 bits per heavy atom. The van der Waals surface area contributed by atoms with E-state index in [1.54, 1.807) is 25.0 Å². The number of allylic oxidation sites excluding steroid dienone is 7. The molecule has 138 heavy (non-hydrogen) atoms. The van der Waals surface area contributed by atoms with Crippen molar-refractivity contribution in [3.63, 3.8) is 0 Å². The van der Waals surface area contributed by atoms with Crippen LogP contribution in [0.25, 0.3) is 0 Å². The first-order valence-corrected chi connectivity index (χ1v) is 56.7. The Morgan fingerprint density at radius 3 is 1.62 bits per heavy atom. The summed E-state index contributed by atoms with van der Waals surface area (Å²) in [5.41, 5.74) is 17.0. The van der Waals surface area contributed by atoms with E-state index in [2.05, 4.69) is 152 Å². The van der Waals surface area contributed by atoms with Crippen molar-refractivity contribution < 1.29 is 59.0 Å². The quantitative estimate of drug-likeness (QED) is 0.101. The predicted octanol–water partition coefficient (Wildman–Crippen LogP) is 26.2. The minimum Gasteiger partial charge on any atom is -0.481 e. The van der Waals surface area contributed by atoms with Crippen LogP contribution in [0.4, 0.5) is 0 Å². The number of benzene rings is 1. The Balaban J connectivity index is 0.000000117. The number of aliphatic carboxylic acids is 1. The summed E-state index contributed by atoms with van der Waals surface area (Å²) in [6.07, 6.45) is 53.6. The molecule has 15 nitrogen and oxygen atoms in total. The minimum atomic E-state index is -0.748. The molecule has 0 unspecified atom stereocenters. The molecule has 7 N–H and O–H groups in total. The van der Waals surface area contributed by atoms with E-state index in [1.165, 1.54) is 145 Å². The standard InChI is InChI=1S/C26H36N2.C24H40O5.C24H36O2.C22H34O3.C20H30O2.C7H9N/c1-18-11-13-25(2)19(16-18)7-8-21-22-9-10-24(26(22,3)14-12-23(21)25)28-17-20-6-4-5-15-27-20;1-13(4-7-21(28)29)16-5-6-17-22-18(12-20(27)24(16,17)3)23(2)9-8-15(25)10-14(23)11-19(22)26;1-6-17-8-10-20-19-9-7-18-13-15(2)11-12-23(18,4)21(19)14-22(24(17,20)5)26-16(3)25;1-13-7-9-21(3)15(11-13)12-18(25-14(2)23)20-16-5-6-19(24)22(16,4)10-8-17(20)21;1-12-8-9-19(2)13(10-12)4-5-14-15-6-7-17(21)20(15,3)18(22)11-16(14)19;8-6-7-4-2-1-3-5-7/h4-7,15,18,21-23H,8-14,16-17H2,1-3H3;13-20,22,25-27H,4-12H2,1-3H3,(H,28,29);6-7,15,19-22H,8-14H2,1-5H3;13,15-18,20H,5-12H2,1-4H3;4,12,14-16,18,22H,5-11H2,1-3H3;1-5H,6,8H2/b;;17-6-;;;/t18-,21-,22-,23-,25-,26-;13-,14+,15-,16-,17+,18+,19-,20+,22+,23+,24-;15-,19-,20-,21-,22+,23-,24+;13-,15+,16+,17+,18-,20+,21+,22+;12-,14-,15-,16-,18+,19-,20-;/m01010./s1. The van der Waals surface area contributed by atoms with Gasteiger partial charge in [0.2, 0.25) is 0 Å². The largest absolute Gasteiger partial charge is 0.481 e. The Labute approximate surface area is 832 Å². The number of aliphatic imine (C=N–C) groups is 1. The highest BCUT2D eigenvalue weighted by molar-refractivity contribution is 5.92. The lowest BCUT2D eigenvalue weighted by molar-refractivity contribution is -0.207. The first-order valence-electron chi connectivity index (χ1n) is 56.7. The fraction of sp³-hybridized carbons (Fsp3) is 0.797. The molecule has 0 radical (unpaired) electrons. The third kappa shape index (κ3) is 18.5. The molecule has 1 aromatic carbocycles. The van der Waals surface area contributed by atoms with Crippen molar-refractivity contribution in [2.24, 2.45) is 201 Å². The molecule has 1 aromatic heterocycles. The first-order chi connectivity index (χ1) is 65.4. The fourth-order valence-corrected chi connectivity index (χ4v) is 38.4. The maximum atomic E-state index is 12.6. The number of hydrogen-bond acceptors (Lipinski definition) is 14. The van der Waals surface area contributed by atoms with E-state index in [1.807, 2.05) is 48.2 Å². The number of nitrogens with zero attached hydrogens (tertiary/aromatic N) is 2. The molecule has 0 saturated heterocycles. The van der Waals surface area contributed by atoms with Crippen LogP contribution in [0.1, 0.15) is 386 Å². The van der Waals surface area contributed by atoms with Crippen molar-refractivity contribution >= 4 is 35.2 Å². The minimum absolute atomic E-state index is 0.0291. The van der Waals surface area contributed by atoms with Crippen LogP contribution >= 0.6 is 0 Å². The van der Waals surface area contributed by atoms with E-state index < -0.39 is 23.6 Å². The number of carbonyl (C=O) groups excluding carboxylic acids is 4. The number of carboxylic acids is 1. The van der Waals surface area contributed by atoms with Gasteiger partial charge in [0.05, 0.1) is 42.1 Å². The number of aromatic nitrogens is 1. The van der Waals surface area contributed by atoms with Crippen molar-refractivity contribution in [1.29, 1.82) is 0 Å². The summed E-state index contributed by atoms with van der Waals surface area (Å²) in [6, 6.07) is 16.2. The van der Waals surface area contributed by atoms with Gasteiger partial charge in [-0.1, -0.05) is 186 Å². The van der Waals surface area contributed by atoms with Crippen LogP contribution in [0.15, 0.2) is 106 Å². The van der Waals surface area contributed by atoms with Crippen LogP contribution in [-0.2, 0) is 46.5 Å². The number of hydrogen-bond donors (Lipinski definition) is 6. The molecule has 20 aliphatic carbocycles. The number of carboxylic acid groups (broad SMARTS) is 1. The van der Waals surface area contributed by atoms with Gasteiger partial charge in [0.25, 0.3) is 0 Å². The summed E-state index contributed by atoms with van der Waals surface area (Å²) in [5.74, 6) is 13.2. The lowest BCUT2D eigenvalue weighted by Gasteiger charge is -2.63. The number of nitrogens with two attached hydrogens (primary N) is 1. The molecular formula is C123H185N3O12. The van der Waals surface area contributed by atoms with Crippen LogP contribution in [0, 0.1) is 190 Å². The predicted molar refractivity (Wildman–Crippen MR) is 550 cm³/mol. The van der Waals surface area contributed by atoms with E-state index in [9.17, 15) is 44.4 Å². The van der Waals surface area contributed by atoms with Gasteiger partial charge in [-0.25, -0.2) is 0 Å². The highest BCUT2D eigenvalue weighted by Gasteiger charge is 2.70. The van der Waals surface area contributed by atoms with Crippen molar-refractivity contribution in [2.75, 3.05) is 0 Å². The monoisotopic (exact) mass is 1900 g/mol. The van der Waals surface area contributed by atoms with E-state index in [0.29, 0.717) is 130 Å². The molecule has 22 rings (SSSR count). The van der Waals surface area contributed by atoms with Gasteiger partial charge in [-0.15, -0.1) is 0 Å². The van der Waals surface area contributed by atoms with Gasteiger partial charge in [0.15, 0.2) is 0 Å². The number of fused-ring (bicyclic) bond motifs is 25. The highest BCUT2D eigenvalue weighted by Crippen LogP contribution is 2.74. The second-order valence-electron chi connectivity index (χ2n) is 53.2. The molecule has 17 fully saturated rings. The first kappa shape index (κ1) is 104. The second kappa shape index (κ2) is 40.4. The van der Waals surface area contributed by atoms with Crippen molar-refractivity contribution in [1.82, 2.24) is 4.98 Å². The number of aliphatic hydroxyl groups excluding tert-OH is 4. The summed E-state index contributed by atoms with van der Waals surface area (Å²) in [6.45, 7) is 42.3. The van der Waals surface area contributed by atoms with Gasteiger partial charge in [-0.2, -0.15) is 0 Å². The van der Waals surface area contributed by atoms with Crippen LogP contribution in [0.3, 0.4) is 0 Å². The zero-order chi connectivity index (χ0) is 98.7. The number of rotatable bonds is 9. The molecule has 15 heteroatoms. The highest BCUT2D eigenvalue weighted by atomic mass is 16.5. The van der Waals surface area contributed by atoms with Crippen LogP contribution < -0.4 is 5.73 Å². The average molecular weight is 1900 g/mol. The zero-order valence-electron chi connectivity index (χ0n) is 88.8. The van der Waals surface area contributed by atoms with E-state index in [4.69, 9.17) is 25.3 Å². The average Bonchev–Trinajstić information content (AvgIpc) is 1.48.